The third-order valence-electron chi connectivity index (χ3n) is 3.10. The number of hydrogen-bond donors (Lipinski definition) is 1. The molecule has 1 unspecified atom stereocenters. The zero-order valence-corrected chi connectivity index (χ0v) is 11.5. The Balaban J connectivity index is 1.98. The van der Waals surface area contributed by atoms with Crippen LogP contribution in [0.25, 0.3) is 0 Å². The highest BCUT2D eigenvalue weighted by Gasteiger charge is 2.07. The van der Waals surface area contributed by atoms with Crippen LogP contribution in [0.4, 0.5) is 0 Å². The minimum atomic E-state index is 0.250. The molecule has 94 valence electrons. The Bertz CT molecular complexity index is 505. The van der Waals surface area contributed by atoms with Gasteiger partial charge in [-0.2, -0.15) is 0 Å². The molecule has 2 aromatic carbocycles. The highest BCUT2D eigenvalue weighted by atomic mass is 35.5. The van der Waals surface area contributed by atoms with Crippen LogP contribution in [0.15, 0.2) is 48.5 Å². The van der Waals surface area contributed by atoms with Crippen molar-refractivity contribution in [2.75, 3.05) is 0 Å². The average Bonchev–Trinajstić information content (AvgIpc) is 2.38. The van der Waals surface area contributed by atoms with Crippen molar-refractivity contribution >= 4 is 11.6 Å². The molecule has 0 saturated carbocycles. The predicted octanol–water partition coefficient (Wildman–Crippen LogP) is 4.50. The molecule has 0 bridgehead atoms. The van der Waals surface area contributed by atoms with Gasteiger partial charge in [-0.1, -0.05) is 59.6 Å². The first-order valence-electron chi connectivity index (χ1n) is 6.20. The van der Waals surface area contributed by atoms with Crippen LogP contribution in [-0.4, -0.2) is 0 Å². The molecule has 0 saturated heterocycles. The van der Waals surface area contributed by atoms with Crippen LogP contribution in [0, 0.1) is 6.92 Å². The smallest absolute Gasteiger partial charge is 0.0453 e. The molecule has 0 aliphatic heterocycles. The van der Waals surface area contributed by atoms with Crippen LogP contribution in [0.2, 0.25) is 5.02 Å². The highest BCUT2D eigenvalue weighted by molar-refractivity contribution is 6.31. The second-order valence-electron chi connectivity index (χ2n) is 4.61. The van der Waals surface area contributed by atoms with Gasteiger partial charge in [0.15, 0.2) is 0 Å². The molecule has 0 aromatic heterocycles. The van der Waals surface area contributed by atoms with Crippen molar-refractivity contribution in [3.05, 3.63) is 70.2 Å². The lowest BCUT2D eigenvalue weighted by molar-refractivity contribution is 0.575. The summed E-state index contributed by atoms with van der Waals surface area (Å²) in [6.45, 7) is 5.09. The van der Waals surface area contributed by atoms with E-state index in [1.165, 1.54) is 11.1 Å². The Morgan fingerprint density at radius 2 is 1.72 bits per heavy atom. The number of aryl methyl sites for hydroxylation is 1. The largest absolute Gasteiger partial charge is 0.306 e. The fourth-order valence-corrected chi connectivity index (χ4v) is 2.21. The highest BCUT2D eigenvalue weighted by Crippen LogP contribution is 2.22. The summed E-state index contributed by atoms with van der Waals surface area (Å²) >= 11 is 6.18. The van der Waals surface area contributed by atoms with Gasteiger partial charge in [0.2, 0.25) is 0 Å². The van der Waals surface area contributed by atoms with Crippen molar-refractivity contribution in [3.63, 3.8) is 0 Å². The Morgan fingerprint density at radius 1 is 1.06 bits per heavy atom. The number of benzene rings is 2. The molecule has 1 N–H and O–H groups in total. The van der Waals surface area contributed by atoms with Crippen molar-refractivity contribution in [2.45, 2.75) is 26.4 Å². The molecule has 0 heterocycles. The van der Waals surface area contributed by atoms with Crippen molar-refractivity contribution in [2.24, 2.45) is 0 Å². The van der Waals surface area contributed by atoms with Gasteiger partial charge in [0, 0.05) is 17.6 Å². The Hall–Kier alpha value is -1.31. The van der Waals surface area contributed by atoms with E-state index < -0.39 is 0 Å². The molecular formula is C16H18ClN. The first-order valence-corrected chi connectivity index (χ1v) is 6.58. The third-order valence-corrected chi connectivity index (χ3v) is 3.45. The van der Waals surface area contributed by atoms with E-state index in [1.807, 2.05) is 18.2 Å². The number of rotatable bonds is 4. The van der Waals surface area contributed by atoms with Gasteiger partial charge in [-0.3, -0.25) is 0 Å². The molecule has 0 spiro atoms. The maximum atomic E-state index is 6.18. The lowest BCUT2D eigenvalue weighted by Crippen LogP contribution is -2.18. The summed E-state index contributed by atoms with van der Waals surface area (Å²) in [6, 6.07) is 16.8. The molecule has 1 atom stereocenters. The van der Waals surface area contributed by atoms with Gasteiger partial charge in [-0.15, -0.1) is 0 Å². The topological polar surface area (TPSA) is 12.0 Å². The molecule has 2 aromatic rings. The first kappa shape index (κ1) is 13.1. The summed E-state index contributed by atoms with van der Waals surface area (Å²) in [5, 5.41) is 4.31. The predicted molar refractivity (Wildman–Crippen MR) is 77.9 cm³/mol. The normalized spacial score (nSPS) is 12.4. The summed E-state index contributed by atoms with van der Waals surface area (Å²) in [5.41, 5.74) is 3.73. The summed E-state index contributed by atoms with van der Waals surface area (Å²) in [7, 11) is 0. The molecule has 1 nitrogen and oxygen atoms in total. The first-order chi connectivity index (χ1) is 8.66. The van der Waals surface area contributed by atoms with E-state index in [-0.39, 0.29) is 6.04 Å². The monoisotopic (exact) mass is 259 g/mol. The van der Waals surface area contributed by atoms with Gasteiger partial charge in [-0.05, 0) is 31.0 Å². The van der Waals surface area contributed by atoms with Crippen molar-refractivity contribution < 1.29 is 0 Å². The van der Waals surface area contributed by atoms with Crippen molar-refractivity contribution in [3.8, 4) is 0 Å². The van der Waals surface area contributed by atoms with E-state index in [4.69, 9.17) is 11.6 Å². The van der Waals surface area contributed by atoms with E-state index in [0.717, 1.165) is 17.1 Å². The standard InChI is InChI=1S/C16H18ClN/c1-12-7-9-14(10-8-12)11-18-13(2)15-5-3-4-6-16(15)17/h3-10,13,18H,11H2,1-2H3. The second kappa shape index (κ2) is 6.03. The second-order valence-corrected chi connectivity index (χ2v) is 5.02. The van der Waals surface area contributed by atoms with Gasteiger partial charge in [-0.25, -0.2) is 0 Å². The zero-order chi connectivity index (χ0) is 13.0. The molecule has 0 amide bonds. The van der Waals surface area contributed by atoms with Gasteiger partial charge in [0.05, 0.1) is 0 Å². The molecule has 0 radical (unpaired) electrons. The Morgan fingerprint density at radius 3 is 2.39 bits per heavy atom. The van der Waals surface area contributed by atoms with Crippen LogP contribution >= 0.6 is 11.6 Å². The quantitative estimate of drug-likeness (QED) is 0.853. The van der Waals surface area contributed by atoms with Gasteiger partial charge < -0.3 is 5.32 Å². The summed E-state index contributed by atoms with van der Waals surface area (Å²) in [5.74, 6) is 0. The number of nitrogens with one attached hydrogen (secondary N) is 1. The van der Waals surface area contributed by atoms with E-state index in [9.17, 15) is 0 Å². The summed E-state index contributed by atoms with van der Waals surface area (Å²) < 4.78 is 0. The maximum absolute atomic E-state index is 6.18. The van der Waals surface area contributed by atoms with E-state index in [1.54, 1.807) is 0 Å². The third kappa shape index (κ3) is 3.34. The SMILES string of the molecule is Cc1ccc(CNC(C)c2ccccc2Cl)cc1. The summed E-state index contributed by atoms with van der Waals surface area (Å²) in [6.07, 6.45) is 0. The maximum Gasteiger partial charge on any atom is 0.0453 e. The Labute approximate surface area is 114 Å². The fraction of sp³-hybridized carbons (Fsp3) is 0.250. The van der Waals surface area contributed by atoms with Gasteiger partial charge in [0.1, 0.15) is 0 Å². The van der Waals surface area contributed by atoms with Crippen LogP contribution < -0.4 is 5.32 Å². The van der Waals surface area contributed by atoms with Crippen molar-refractivity contribution in [1.82, 2.24) is 5.32 Å². The minimum Gasteiger partial charge on any atom is -0.306 e. The van der Waals surface area contributed by atoms with E-state index >= 15 is 0 Å². The molecule has 0 aliphatic carbocycles. The van der Waals surface area contributed by atoms with E-state index in [0.29, 0.717) is 0 Å². The number of hydrogen-bond acceptors (Lipinski definition) is 1. The van der Waals surface area contributed by atoms with Gasteiger partial charge >= 0.3 is 0 Å². The number of halogens is 1. The van der Waals surface area contributed by atoms with E-state index in [2.05, 4.69) is 49.5 Å². The van der Waals surface area contributed by atoms with Crippen molar-refractivity contribution in [1.29, 1.82) is 0 Å². The zero-order valence-electron chi connectivity index (χ0n) is 10.8. The lowest BCUT2D eigenvalue weighted by Gasteiger charge is -2.15. The molecule has 2 rings (SSSR count). The molecule has 2 heteroatoms. The van der Waals surface area contributed by atoms with Crippen LogP contribution in [0.1, 0.15) is 29.7 Å². The average molecular weight is 260 g/mol. The van der Waals surface area contributed by atoms with Crippen LogP contribution in [0.3, 0.4) is 0 Å². The Kier molecular flexibility index (Phi) is 4.40. The lowest BCUT2D eigenvalue weighted by atomic mass is 10.1. The molecule has 0 fully saturated rings. The molecule has 18 heavy (non-hydrogen) atoms. The minimum absolute atomic E-state index is 0.250. The molecular weight excluding hydrogens is 242 g/mol. The van der Waals surface area contributed by atoms with Crippen LogP contribution in [0.5, 0.6) is 0 Å². The fourth-order valence-electron chi connectivity index (χ4n) is 1.91. The summed E-state index contributed by atoms with van der Waals surface area (Å²) in [4.78, 5) is 0. The van der Waals surface area contributed by atoms with Gasteiger partial charge in [0.25, 0.3) is 0 Å². The molecule has 0 aliphatic rings. The van der Waals surface area contributed by atoms with Crippen LogP contribution in [-0.2, 0) is 6.54 Å².